The molecule has 0 fully saturated rings. The molecule has 2 aromatic rings. The Morgan fingerprint density at radius 3 is 2.28 bits per heavy atom. The van der Waals surface area contributed by atoms with Crippen LogP contribution in [0.4, 0.5) is 5.69 Å². The van der Waals surface area contributed by atoms with Crippen molar-refractivity contribution in [2.75, 3.05) is 5.32 Å². The lowest BCUT2D eigenvalue weighted by atomic mass is 9.79. The summed E-state index contributed by atoms with van der Waals surface area (Å²) < 4.78 is 0. The Labute approximate surface area is 178 Å². The van der Waals surface area contributed by atoms with Crippen molar-refractivity contribution in [2.45, 2.75) is 71.4 Å². The van der Waals surface area contributed by atoms with Crippen LogP contribution in [0.2, 0.25) is 0 Å². The minimum atomic E-state index is 0.112. The third-order valence-electron chi connectivity index (χ3n) is 6.38. The van der Waals surface area contributed by atoms with E-state index < -0.39 is 0 Å². The number of nitrogens with one attached hydrogen (secondary N) is 1. The quantitative estimate of drug-likeness (QED) is 0.459. The summed E-state index contributed by atoms with van der Waals surface area (Å²) >= 11 is 0. The van der Waals surface area contributed by atoms with Crippen LogP contribution in [0.1, 0.15) is 62.6 Å². The lowest BCUT2D eigenvalue weighted by Gasteiger charge is -2.32. The minimum Gasteiger partial charge on any atom is -0.508 e. The molecule has 0 bridgehead atoms. The summed E-state index contributed by atoms with van der Waals surface area (Å²) in [6.07, 6.45) is 5.78. The maximum Gasteiger partial charge on any atom is 0.224 e. The van der Waals surface area contributed by atoms with Gasteiger partial charge in [-0.25, -0.2) is 0 Å². The summed E-state index contributed by atoms with van der Waals surface area (Å²) in [6.45, 7) is 8.59. The first-order valence-corrected chi connectivity index (χ1v) is 11.5. The van der Waals surface area contributed by atoms with Gasteiger partial charge >= 0.3 is 0 Å². The van der Waals surface area contributed by atoms with E-state index in [1.165, 1.54) is 5.56 Å². The van der Waals surface area contributed by atoms with E-state index in [9.17, 15) is 9.90 Å². The summed E-state index contributed by atoms with van der Waals surface area (Å²) in [4.78, 5) is 12.6. The van der Waals surface area contributed by atoms with E-state index >= 15 is 0 Å². The highest BCUT2D eigenvalue weighted by Crippen LogP contribution is 2.41. The second-order valence-corrected chi connectivity index (χ2v) is 9.75. The summed E-state index contributed by atoms with van der Waals surface area (Å²) in [7, 11) is 2.12. The second kappa shape index (κ2) is 10.8. The molecular weight excluding hydrogens is 377 g/mol. The van der Waals surface area contributed by atoms with Gasteiger partial charge in [-0.05, 0) is 89.9 Å². The van der Waals surface area contributed by atoms with E-state index in [0.29, 0.717) is 18.1 Å². The Kier molecular flexibility index (Phi) is 8.71. The third kappa shape index (κ3) is 6.57. The van der Waals surface area contributed by atoms with E-state index in [4.69, 9.17) is 0 Å². The molecule has 29 heavy (non-hydrogen) atoms. The van der Waals surface area contributed by atoms with Crippen molar-refractivity contribution in [3.8, 4) is 5.75 Å². The molecule has 2 N–H and O–H groups in total. The van der Waals surface area contributed by atoms with Crippen LogP contribution in [0.15, 0.2) is 42.5 Å². The van der Waals surface area contributed by atoms with Gasteiger partial charge in [0.05, 0.1) is 5.16 Å². The molecule has 4 heteroatoms. The average Bonchev–Trinajstić information content (AvgIpc) is 2.71. The number of rotatable bonds is 10. The van der Waals surface area contributed by atoms with Gasteiger partial charge in [-0.1, -0.05) is 44.2 Å². The molecule has 2 aromatic carbocycles. The topological polar surface area (TPSA) is 49.3 Å². The Hall–Kier alpha value is -1.86. The average molecular weight is 415 g/mol. The number of phenolic OH excluding ortho intramolecular Hbond substituents is 1. The Morgan fingerprint density at radius 1 is 1.10 bits per heavy atom. The van der Waals surface area contributed by atoms with Gasteiger partial charge in [0.25, 0.3) is 0 Å². The lowest BCUT2D eigenvalue weighted by molar-refractivity contribution is -0.116. The van der Waals surface area contributed by atoms with Crippen LogP contribution < -0.4 is 5.32 Å². The predicted octanol–water partition coefficient (Wildman–Crippen LogP) is 6.14. The molecule has 3 nitrogen and oxygen atoms in total. The van der Waals surface area contributed by atoms with Crippen molar-refractivity contribution in [3.05, 3.63) is 59.2 Å². The fraction of sp³-hybridized carbons (Fsp3) is 0.480. The van der Waals surface area contributed by atoms with Crippen LogP contribution in [0, 0.1) is 19.8 Å². The first kappa shape index (κ1) is 23.4. The van der Waals surface area contributed by atoms with E-state index in [-0.39, 0.29) is 11.1 Å². The standard InChI is InChI=1S/C25H36NO2P/c1-5-21(12-15-23(28)26-24-18(3)8-7-9-19(24)4)25(29,6-2)17-16-20-10-13-22(27)14-11-20/h7-11,13-14,21,27H,5-6,12,15-17,29H2,1-4H3,(H,26,28)/p+1/t21-,25?/m1/s1. The van der Waals surface area contributed by atoms with Gasteiger partial charge in [0, 0.05) is 12.1 Å². The lowest BCUT2D eigenvalue weighted by Crippen LogP contribution is -2.32. The van der Waals surface area contributed by atoms with E-state index in [0.717, 1.165) is 48.9 Å². The Morgan fingerprint density at radius 2 is 1.72 bits per heavy atom. The minimum absolute atomic E-state index is 0.112. The molecule has 0 saturated carbocycles. The summed E-state index contributed by atoms with van der Waals surface area (Å²) in [5.41, 5.74) is 4.44. The molecule has 0 aromatic heterocycles. The molecule has 158 valence electrons. The molecule has 0 aliphatic rings. The normalized spacial score (nSPS) is 14.3. The van der Waals surface area contributed by atoms with Crippen molar-refractivity contribution in [2.24, 2.45) is 5.92 Å². The molecule has 1 amide bonds. The molecule has 3 atom stereocenters. The molecule has 0 saturated heterocycles. The zero-order chi connectivity index (χ0) is 21.4. The van der Waals surface area contributed by atoms with Gasteiger partial charge in [-0.3, -0.25) is 4.79 Å². The van der Waals surface area contributed by atoms with Crippen LogP contribution in [-0.4, -0.2) is 16.2 Å². The molecule has 0 heterocycles. The van der Waals surface area contributed by atoms with E-state index in [1.807, 2.05) is 44.2 Å². The predicted molar refractivity (Wildman–Crippen MR) is 128 cm³/mol. The summed E-state index contributed by atoms with van der Waals surface area (Å²) in [5.74, 6) is 0.947. The highest BCUT2D eigenvalue weighted by molar-refractivity contribution is 7.19. The number of aryl methyl sites for hydroxylation is 3. The zero-order valence-corrected chi connectivity index (χ0v) is 19.8. The van der Waals surface area contributed by atoms with Crippen LogP contribution in [0.25, 0.3) is 0 Å². The number of hydrogen-bond acceptors (Lipinski definition) is 2. The van der Waals surface area contributed by atoms with Crippen LogP contribution >= 0.6 is 9.24 Å². The Bertz CT molecular complexity index is 783. The second-order valence-electron chi connectivity index (χ2n) is 8.34. The van der Waals surface area contributed by atoms with E-state index in [1.54, 1.807) is 12.1 Å². The molecule has 0 aliphatic heterocycles. The van der Waals surface area contributed by atoms with E-state index in [2.05, 4.69) is 28.4 Å². The fourth-order valence-electron chi connectivity index (χ4n) is 4.19. The maximum absolute atomic E-state index is 12.6. The number of benzene rings is 2. The van der Waals surface area contributed by atoms with Crippen molar-refractivity contribution in [1.29, 1.82) is 0 Å². The molecular formula is C25H37NO2P+. The summed E-state index contributed by atoms with van der Waals surface area (Å²) in [5, 5.41) is 12.8. The number of carbonyl (C=O) groups excluding carboxylic acids is 1. The smallest absolute Gasteiger partial charge is 0.224 e. The Balaban J connectivity index is 1.96. The van der Waals surface area contributed by atoms with Crippen LogP contribution in [0.3, 0.4) is 0 Å². The SMILES string of the molecule is CC[C@H](CCC(=O)Nc1c(C)cccc1C)C([PH3+])(CC)CCc1ccc(O)cc1. The van der Waals surface area contributed by atoms with Crippen molar-refractivity contribution < 1.29 is 9.90 Å². The molecule has 0 radical (unpaired) electrons. The van der Waals surface area contributed by atoms with Crippen LogP contribution in [-0.2, 0) is 11.2 Å². The first-order chi connectivity index (χ1) is 13.8. The number of phenols is 1. The zero-order valence-electron chi connectivity index (χ0n) is 18.4. The van der Waals surface area contributed by atoms with Gasteiger partial charge in [-0.2, -0.15) is 0 Å². The highest BCUT2D eigenvalue weighted by atomic mass is 31.0. The molecule has 0 aliphatic carbocycles. The maximum atomic E-state index is 12.6. The van der Waals surface area contributed by atoms with Crippen molar-refractivity contribution >= 4 is 20.8 Å². The monoisotopic (exact) mass is 414 g/mol. The van der Waals surface area contributed by atoms with Gasteiger partial charge in [-0.15, -0.1) is 0 Å². The number of hydrogen-bond donors (Lipinski definition) is 2. The van der Waals surface area contributed by atoms with Gasteiger partial charge < -0.3 is 10.4 Å². The van der Waals surface area contributed by atoms with Crippen LogP contribution in [0.5, 0.6) is 5.75 Å². The van der Waals surface area contributed by atoms with Gasteiger partial charge in [0.2, 0.25) is 5.91 Å². The number of aromatic hydroxyl groups is 1. The molecule has 0 spiro atoms. The van der Waals surface area contributed by atoms with Crippen molar-refractivity contribution in [1.82, 2.24) is 0 Å². The molecule has 2 unspecified atom stereocenters. The highest BCUT2D eigenvalue weighted by Gasteiger charge is 2.36. The largest absolute Gasteiger partial charge is 0.508 e. The fourth-order valence-corrected chi connectivity index (χ4v) is 4.86. The number of carbonyl (C=O) groups is 1. The summed E-state index contributed by atoms with van der Waals surface area (Å²) in [6, 6.07) is 13.6. The number of anilines is 1. The van der Waals surface area contributed by atoms with Crippen molar-refractivity contribution in [3.63, 3.8) is 0 Å². The number of amides is 1. The first-order valence-electron chi connectivity index (χ1n) is 10.8. The van der Waals surface area contributed by atoms with Gasteiger partial charge in [0.15, 0.2) is 0 Å². The van der Waals surface area contributed by atoms with Gasteiger partial charge in [0.1, 0.15) is 5.75 Å². The number of para-hydroxylation sites is 1. The molecule has 2 rings (SSSR count). The third-order valence-corrected chi connectivity index (χ3v) is 7.81.